The second kappa shape index (κ2) is 18.2. The summed E-state index contributed by atoms with van der Waals surface area (Å²) in [6.07, 6.45) is 13.6. The molecule has 3 aromatic rings. The van der Waals surface area contributed by atoms with Gasteiger partial charge < -0.3 is 47.2 Å². The minimum atomic E-state index is 0.282. The number of aryl methyl sites for hydroxylation is 3. The van der Waals surface area contributed by atoms with Gasteiger partial charge in [0.05, 0.1) is 0 Å². The molecule has 0 unspecified atom stereocenters. The van der Waals surface area contributed by atoms with Crippen molar-refractivity contribution in [3.8, 4) is 17.2 Å². The van der Waals surface area contributed by atoms with Gasteiger partial charge in [-0.25, -0.2) is 0 Å². The molecule has 0 saturated heterocycles. The van der Waals surface area contributed by atoms with Gasteiger partial charge in [-0.15, -0.1) is 0 Å². The van der Waals surface area contributed by atoms with Gasteiger partial charge in [-0.05, 0) is 59.3 Å². The lowest BCUT2D eigenvalue weighted by atomic mass is 9.89. The van der Waals surface area contributed by atoms with Gasteiger partial charge in [-0.1, -0.05) is 91.6 Å². The van der Waals surface area contributed by atoms with Gasteiger partial charge in [0.25, 0.3) is 0 Å². The summed E-state index contributed by atoms with van der Waals surface area (Å²) in [7, 11) is 0. The summed E-state index contributed by atoms with van der Waals surface area (Å²) in [5.41, 5.74) is 9.13. The summed E-state index contributed by atoms with van der Waals surface area (Å²) >= 11 is 0. The van der Waals surface area contributed by atoms with Gasteiger partial charge in [0, 0.05) is 109 Å². The molecule has 3 saturated carbocycles. The summed E-state index contributed by atoms with van der Waals surface area (Å²) in [6, 6.07) is 14.4. The molecule has 0 amide bonds. The first kappa shape index (κ1) is 39.1. The van der Waals surface area contributed by atoms with Crippen molar-refractivity contribution < 1.29 is 15.3 Å². The number of hydrogen-bond acceptors (Lipinski definition) is 9. The van der Waals surface area contributed by atoms with Crippen LogP contribution in [0.1, 0.15) is 127 Å². The molecule has 0 aromatic heterocycles. The van der Waals surface area contributed by atoms with E-state index >= 15 is 0 Å². The fraction of sp³-hybridized carbons (Fsp3) is 0.600. The van der Waals surface area contributed by atoms with Crippen LogP contribution in [0.5, 0.6) is 17.2 Å². The maximum absolute atomic E-state index is 11.6. The molecular formula is C45H66N6O3. The van der Waals surface area contributed by atoms with Crippen molar-refractivity contribution in [3.63, 3.8) is 0 Å². The van der Waals surface area contributed by atoms with Crippen molar-refractivity contribution in [2.75, 3.05) is 0 Å². The zero-order chi connectivity index (χ0) is 37.6. The number of hydrogen-bond donors (Lipinski definition) is 9. The Bertz CT molecular complexity index is 1420. The van der Waals surface area contributed by atoms with Crippen molar-refractivity contribution in [2.24, 2.45) is 0 Å². The Hall–Kier alpha value is -3.18. The van der Waals surface area contributed by atoms with E-state index in [1.54, 1.807) is 0 Å². The molecule has 3 aliphatic carbocycles. The van der Waals surface area contributed by atoms with Crippen molar-refractivity contribution >= 4 is 0 Å². The van der Waals surface area contributed by atoms with E-state index in [4.69, 9.17) is 0 Å². The highest BCUT2D eigenvalue weighted by molar-refractivity contribution is 5.45. The predicted molar refractivity (Wildman–Crippen MR) is 218 cm³/mol. The lowest BCUT2D eigenvalue weighted by Crippen LogP contribution is -2.49. The summed E-state index contributed by atoms with van der Waals surface area (Å²) in [6.45, 7) is 10.0. The van der Waals surface area contributed by atoms with Gasteiger partial charge in [-0.2, -0.15) is 0 Å². The molecule has 1 heterocycles. The summed E-state index contributed by atoms with van der Waals surface area (Å²) in [5, 5.41) is 57.6. The molecule has 0 spiro atoms. The van der Waals surface area contributed by atoms with E-state index in [1.807, 2.05) is 0 Å². The first-order valence-corrected chi connectivity index (χ1v) is 21.1. The van der Waals surface area contributed by atoms with Crippen molar-refractivity contribution in [1.82, 2.24) is 31.9 Å². The molecule has 1 aliphatic heterocycles. The number of benzene rings is 3. The topological polar surface area (TPSA) is 133 Å². The zero-order valence-corrected chi connectivity index (χ0v) is 33.0. The van der Waals surface area contributed by atoms with E-state index in [2.05, 4.69) is 89.1 Å². The third kappa shape index (κ3) is 9.60. The van der Waals surface area contributed by atoms with Gasteiger partial charge in [0.15, 0.2) is 0 Å². The van der Waals surface area contributed by atoms with Crippen molar-refractivity contribution in [1.29, 1.82) is 0 Å². The molecule has 3 aromatic carbocycles. The molecule has 4 aliphatic rings. The summed E-state index contributed by atoms with van der Waals surface area (Å²) in [4.78, 5) is 0. The lowest BCUT2D eigenvalue weighted by molar-refractivity contribution is 0.277. The monoisotopic (exact) mass is 739 g/mol. The zero-order valence-electron chi connectivity index (χ0n) is 33.0. The Morgan fingerprint density at radius 3 is 0.667 bits per heavy atom. The number of rotatable bonds is 0. The number of aromatic hydroxyl groups is 3. The van der Waals surface area contributed by atoms with Crippen LogP contribution in [0.15, 0.2) is 36.4 Å². The average molecular weight is 739 g/mol. The molecule has 6 atom stereocenters. The quantitative estimate of drug-likeness (QED) is 0.125. The molecule has 7 rings (SSSR count). The molecular weight excluding hydrogens is 673 g/mol. The summed E-state index contributed by atoms with van der Waals surface area (Å²) in [5.74, 6) is 1.15. The molecule has 54 heavy (non-hydrogen) atoms. The third-order valence-corrected chi connectivity index (χ3v) is 12.9. The Kier molecular flexibility index (Phi) is 13.2. The van der Waals surface area contributed by atoms with Crippen LogP contribution in [0.4, 0.5) is 0 Å². The maximum atomic E-state index is 11.6. The lowest BCUT2D eigenvalue weighted by Gasteiger charge is -2.34. The Morgan fingerprint density at radius 2 is 0.500 bits per heavy atom. The van der Waals surface area contributed by atoms with E-state index in [0.717, 1.165) is 88.6 Å². The van der Waals surface area contributed by atoms with Crippen LogP contribution in [-0.4, -0.2) is 51.6 Å². The van der Waals surface area contributed by atoms with Crippen LogP contribution in [0.2, 0.25) is 0 Å². The van der Waals surface area contributed by atoms with Gasteiger partial charge >= 0.3 is 0 Å². The number of phenolic OH excluding ortho intramolecular Hbond substituents is 3. The highest BCUT2D eigenvalue weighted by atomic mass is 16.3. The van der Waals surface area contributed by atoms with E-state index in [0.29, 0.717) is 56.5 Å². The van der Waals surface area contributed by atoms with Crippen LogP contribution in [0, 0.1) is 20.8 Å². The number of nitrogens with one attached hydrogen (secondary N) is 6. The van der Waals surface area contributed by atoms with Gasteiger partial charge in [0.2, 0.25) is 0 Å². The fourth-order valence-corrected chi connectivity index (χ4v) is 9.92. The summed E-state index contributed by atoms with van der Waals surface area (Å²) < 4.78 is 0. The smallest absolute Gasteiger partial charge is 0.124 e. The van der Waals surface area contributed by atoms with E-state index in [-0.39, 0.29) is 36.3 Å². The second-order valence-electron chi connectivity index (χ2n) is 17.1. The van der Waals surface area contributed by atoms with Gasteiger partial charge in [0.1, 0.15) is 17.2 Å². The minimum absolute atomic E-state index is 0.282. The number of phenols is 3. The number of fused-ring (bicyclic) bond motifs is 9. The largest absolute Gasteiger partial charge is 0.507 e. The van der Waals surface area contributed by atoms with Crippen molar-refractivity contribution in [3.05, 3.63) is 86.5 Å². The van der Waals surface area contributed by atoms with Gasteiger partial charge in [-0.3, -0.25) is 0 Å². The van der Waals surface area contributed by atoms with Crippen LogP contribution in [-0.2, 0) is 39.3 Å². The average Bonchev–Trinajstić information content (AvgIpc) is 3.17. The normalized spacial score (nSPS) is 27.8. The first-order chi connectivity index (χ1) is 26.2. The first-order valence-electron chi connectivity index (χ1n) is 21.1. The molecule has 6 bridgehead atoms. The van der Waals surface area contributed by atoms with E-state index < -0.39 is 0 Å². The molecule has 3 fully saturated rings. The second-order valence-corrected chi connectivity index (χ2v) is 17.1. The van der Waals surface area contributed by atoms with Crippen LogP contribution in [0.25, 0.3) is 0 Å². The van der Waals surface area contributed by atoms with Crippen LogP contribution in [0.3, 0.4) is 0 Å². The third-order valence-electron chi connectivity index (χ3n) is 12.9. The van der Waals surface area contributed by atoms with E-state index in [9.17, 15) is 15.3 Å². The highest BCUT2D eigenvalue weighted by Crippen LogP contribution is 2.31. The molecule has 9 heteroatoms. The molecule has 294 valence electrons. The van der Waals surface area contributed by atoms with Crippen molar-refractivity contribution in [2.45, 2.75) is 173 Å². The Morgan fingerprint density at radius 1 is 0.333 bits per heavy atom. The van der Waals surface area contributed by atoms with E-state index in [1.165, 1.54) is 38.5 Å². The fourth-order valence-electron chi connectivity index (χ4n) is 9.92. The molecule has 0 radical (unpaired) electrons. The predicted octanol–water partition coefficient (Wildman–Crippen LogP) is 6.61. The Balaban J connectivity index is 1.15. The molecule has 9 N–H and O–H groups in total. The standard InChI is InChI=1S/C45H66N6O3/c1-28-16-31-22-46-37-10-4-6-12-39(37)48-24-33-18-29(2)20-35(44(33)53)26-50-41-14-8-9-15-42(41)51-27-36-21-30(3)19-34(45(36)54)25-49-40-13-7-5-11-38(40)47-23-32(17-28)43(31)52/h16-21,37-42,46-54H,4-15,22-27H2,1-3H3/t37-,38-,39-,40-,41-,42-/m1/s1. The van der Waals surface area contributed by atoms with Crippen LogP contribution >= 0.6 is 0 Å². The van der Waals surface area contributed by atoms with Crippen LogP contribution < -0.4 is 31.9 Å². The SMILES string of the molecule is Cc1cc2c(O)c(c1)CN[C@@H]1CCCC[C@H]1NCc1cc(C)cc(c1O)CN[C@@H]1CCCC[C@H]1NCc1cc(C)cc(c1O)CN[C@@H]1CCCC[C@H]1NC2. The minimum Gasteiger partial charge on any atom is -0.507 e. The molecule has 9 nitrogen and oxygen atoms in total. The highest BCUT2D eigenvalue weighted by Gasteiger charge is 2.29. The Labute approximate surface area is 323 Å². The maximum Gasteiger partial charge on any atom is 0.124 e.